The van der Waals surface area contributed by atoms with Crippen LogP contribution >= 0.6 is 0 Å². The molecular weight excluding hydrogens is 186 g/mol. The van der Waals surface area contributed by atoms with Crippen LogP contribution in [0.3, 0.4) is 0 Å². The summed E-state index contributed by atoms with van der Waals surface area (Å²) >= 11 is 0. The average molecular weight is 197 g/mol. The van der Waals surface area contributed by atoms with Gasteiger partial charge in [0.25, 0.3) is 5.91 Å². The Labute approximate surface area is 80.8 Å². The molecule has 1 unspecified atom stereocenters. The summed E-state index contributed by atoms with van der Waals surface area (Å²) in [5.41, 5.74) is 5.56. The van der Waals surface area contributed by atoms with Crippen molar-refractivity contribution in [3.63, 3.8) is 0 Å². The Kier molecular flexibility index (Phi) is 2.60. The summed E-state index contributed by atoms with van der Waals surface area (Å²) < 4.78 is 5.08. The molecule has 1 heterocycles. The van der Waals surface area contributed by atoms with Gasteiger partial charge in [0, 0.05) is 6.42 Å². The molecule has 0 aromatic carbocycles. The van der Waals surface area contributed by atoms with Crippen LogP contribution in [0.15, 0.2) is 23.5 Å². The number of primary amides is 1. The van der Waals surface area contributed by atoms with Crippen LogP contribution in [0.2, 0.25) is 0 Å². The molecule has 0 bridgehead atoms. The van der Waals surface area contributed by atoms with Crippen molar-refractivity contribution in [3.8, 4) is 0 Å². The fraction of sp³-hybridized carbons (Fsp3) is 0.333. The molecule has 1 amide bonds. The molecule has 0 fully saturated rings. The third-order valence-corrected chi connectivity index (χ3v) is 1.96. The van der Waals surface area contributed by atoms with Crippen molar-refractivity contribution in [2.24, 2.45) is 5.73 Å². The fourth-order valence-corrected chi connectivity index (χ4v) is 1.20. The molecule has 5 nitrogen and oxygen atoms in total. The maximum absolute atomic E-state index is 10.8. The number of ether oxygens (including phenoxy) is 1. The van der Waals surface area contributed by atoms with Gasteiger partial charge in [-0.3, -0.25) is 4.79 Å². The van der Waals surface area contributed by atoms with Gasteiger partial charge < -0.3 is 15.6 Å². The second-order valence-electron chi connectivity index (χ2n) is 3.13. The third-order valence-electron chi connectivity index (χ3n) is 1.96. The van der Waals surface area contributed by atoms with Crippen molar-refractivity contribution in [1.82, 2.24) is 0 Å². The van der Waals surface area contributed by atoms with Crippen LogP contribution in [-0.4, -0.2) is 23.1 Å². The minimum absolute atomic E-state index is 0.0782. The zero-order valence-corrected chi connectivity index (χ0v) is 7.74. The first-order chi connectivity index (χ1) is 6.43. The van der Waals surface area contributed by atoms with Gasteiger partial charge in [0.2, 0.25) is 0 Å². The lowest BCUT2D eigenvalue weighted by Gasteiger charge is -2.10. The monoisotopic (exact) mass is 197 g/mol. The molecule has 14 heavy (non-hydrogen) atoms. The highest BCUT2D eigenvalue weighted by molar-refractivity contribution is 6.00. The third kappa shape index (κ3) is 1.76. The summed E-state index contributed by atoms with van der Waals surface area (Å²) in [4.78, 5) is 21.5. The predicted molar refractivity (Wildman–Crippen MR) is 48.2 cm³/mol. The van der Waals surface area contributed by atoms with Crippen molar-refractivity contribution in [1.29, 1.82) is 0 Å². The fourth-order valence-electron chi connectivity index (χ4n) is 1.20. The number of carbonyl (C=O) groups is 2. The molecule has 1 aliphatic rings. The van der Waals surface area contributed by atoms with E-state index in [2.05, 4.69) is 6.58 Å². The topological polar surface area (TPSA) is 89.6 Å². The highest BCUT2D eigenvalue weighted by Crippen LogP contribution is 2.28. The smallest absolute Gasteiger partial charge is 0.335 e. The van der Waals surface area contributed by atoms with E-state index < -0.39 is 18.0 Å². The number of rotatable bonds is 3. The second kappa shape index (κ2) is 3.53. The highest BCUT2D eigenvalue weighted by atomic mass is 16.5. The Balaban J connectivity index is 2.96. The predicted octanol–water partition coefficient (Wildman–Crippen LogP) is 0.175. The standard InChI is InChI=1S/C9H11NO4/c1-4(2)6-3-5(9(12)13)7(14-6)8(10)11/h6H,1,3H2,2H3,(H2,10,11)(H,12,13). The Hall–Kier alpha value is -1.78. The van der Waals surface area contributed by atoms with Crippen LogP contribution in [0.25, 0.3) is 0 Å². The lowest BCUT2D eigenvalue weighted by atomic mass is 10.1. The Morgan fingerprint density at radius 1 is 1.64 bits per heavy atom. The lowest BCUT2D eigenvalue weighted by Crippen LogP contribution is -2.18. The van der Waals surface area contributed by atoms with Crippen molar-refractivity contribution < 1.29 is 19.4 Å². The van der Waals surface area contributed by atoms with Crippen LogP contribution in [0.4, 0.5) is 0 Å². The van der Waals surface area contributed by atoms with E-state index in [0.717, 1.165) is 0 Å². The van der Waals surface area contributed by atoms with Crippen molar-refractivity contribution >= 4 is 11.9 Å². The summed E-state index contributed by atoms with van der Waals surface area (Å²) in [6.07, 6.45) is -0.313. The molecule has 0 aromatic heterocycles. The maximum Gasteiger partial charge on any atom is 0.335 e. The zero-order chi connectivity index (χ0) is 10.9. The molecule has 1 aliphatic heterocycles. The van der Waals surface area contributed by atoms with E-state index in [1.54, 1.807) is 6.92 Å². The first kappa shape index (κ1) is 10.3. The largest absolute Gasteiger partial charge is 0.479 e. The van der Waals surface area contributed by atoms with Gasteiger partial charge in [0.1, 0.15) is 6.10 Å². The molecule has 0 spiro atoms. The second-order valence-corrected chi connectivity index (χ2v) is 3.13. The van der Waals surface area contributed by atoms with Crippen molar-refractivity contribution in [3.05, 3.63) is 23.5 Å². The summed E-state index contributed by atoms with van der Waals surface area (Å²) in [6.45, 7) is 5.33. The molecule has 0 aromatic rings. The molecule has 0 saturated carbocycles. The molecule has 1 rings (SSSR count). The molecule has 0 radical (unpaired) electrons. The molecule has 0 saturated heterocycles. The molecule has 3 N–H and O–H groups in total. The summed E-state index contributed by atoms with van der Waals surface area (Å²) in [7, 11) is 0. The SMILES string of the molecule is C=C(C)C1CC(C(=O)O)=C(C(N)=O)O1. The van der Waals surface area contributed by atoms with Crippen LogP contribution in [-0.2, 0) is 14.3 Å². The van der Waals surface area contributed by atoms with Crippen LogP contribution in [0.1, 0.15) is 13.3 Å². The van der Waals surface area contributed by atoms with E-state index in [0.29, 0.717) is 5.57 Å². The van der Waals surface area contributed by atoms with Gasteiger partial charge in [-0.2, -0.15) is 0 Å². The van der Waals surface area contributed by atoms with Crippen LogP contribution < -0.4 is 5.73 Å². The van der Waals surface area contributed by atoms with Crippen LogP contribution in [0, 0.1) is 0 Å². The number of aliphatic carboxylic acids is 1. The quantitative estimate of drug-likeness (QED) is 0.631. The van der Waals surface area contributed by atoms with E-state index in [1.807, 2.05) is 0 Å². The highest BCUT2D eigenvalue weighted by Gasteiger charge is 2.33. The summed E-state index contributed by atoms with van der Waals surface area (Å²) in [6, 6.07) is 0. The van der Waals surface area contributed by atoms with Gasteiger partial charge in [0.05, 0.1) is 5.57 Å². The van der Waals surface area contributed by atoms with Gasteiger partial charge in [-0.05, 0) is 12.5 Å². The minimum Gasteiger partial charge on any atom is -0.479 e. The van der Waals surface area contributed by atoms with E-state index >= 15 is 0 Å². The van der Waals surface area contributed by atoms with E-state index in [4.69, 9.17) is 15.6 Å². The lowest BCUT2D eigenvalue weighted by molar-refractivity contribution is -0.133. The van der Waals surface area contributed by atoms with Crippen molar-refractivity contribution in [2.75, 3.05) is 0 Å². The van der Waals surface area contributed by atoms with Gasteiger partial charge in [-0.1, -0.05) is 6.58 Å². The first-order valence-electron chi connectivity index (χ1n) is 4.01. The minimum atomic E-state index is -1.18. The molecule has 1 atom stereocenters. The van der Waals surface area contributed by atoms with Gasteiger partial charge in [0.15, 0.2) is 5.76 Å². The Morgan fingerprint density at radius 3 is 2.50 bits per heavy atom. The van der Waals surface area contributed by atoms with Gasteiger partial charge >= 0.3 is 5.97 Å². The normalized spacial score (nSPS) is 20.5. The number of carboxylic acids is 1. The van der Waals surface area contributed by atoms with Crippen LogP contribution in [0.5, 0.6) is 0 Å². The number of carboxylic acid groups (broad SMARTS) is 1. The van der Waals surface area contributed by atoms with Gasteiger partial charge in [-0.25, -0.2) is 4.79 Å². The Morgan fingerprint density at radius 2 is 2.21 bits per heavy atom. The first-order valence-corrected chi connectivity index (χ1v) is 4.01. The maximum atomic E-state index is 10.8. The summed E-state index contributed by atoms with van der Waals surface area (Å²) in [5.74, 6) is -2.29. The van der Waals surface area contributed by atoms with E-state index in [1.165, 1.54) is 0 Å². The molecule has 76 valence electrons. The number of amides is 1. The van der Waals surface area contributed by atoms with E-state index in [9.17, 15) is 9.59 Å². The number of nitrogens with two attached hydrogens (primary N) is 1. The number of hydrogen-bond acceptors (Lipinski definition) is 3. The summed E-state index contributed by atoms with van der Waals surface area (Å²) in [5, 5.41) is 8.76. The Bertz CT molecular complexity index is 317. The van der Waals surface area contributed by atoms with Gasteiger partial charge in [-0.15, -0.1) is 0 Å². The molecule has 5 heteroatoms. The molecule has 0 aliphatic carbocycles. The zero-order valence-electron chi connectivity index (χ0n) is 7.74. The molecular formula is C9H11NO4. The number of carbonyl (C=O) groups excluding carboxylic acids is 1. The number of hydrogen-bond donors (Lipinski definition) is 2. The van der Waals surface area contributed by atoms with Crippen molar-refractivity contribution in [2.45, 2.75) is 19.4 Å². The average Bonchev–Trinajstić information content (AvgIpc) is 2.47. The van der Waals surface area contributed by atoms with E-state index in [-0.39, 0.29) is 17.8 Å².